The zero-order valence-electron chi connectivity index (χ0n) is 12.8. The van der Waals surface area contributed by atoms with Crippen LogP contribution >= 0.6 is 47.2 Å². The lowest BCUT2D eigenvalue weighted by Crippen LogP contribution is -2.27. The number of hydrogen-bond acceptors (Lipinski definition) is 3. The largest absolute Gasteiger partial charge is 0.270 e. The third-order valence-electron chi connectivity index (χ3n) is 3.67. The van der Waals surface area contributed by atoms with Crippen LogP contribution in [0.3, 0.4) is 0 Å². The fraction of sp³-hybridized carbons (Fsp3) is 0.111. The van der Waals surface area contributed by atoms with Crippen molar-refractivity contribution in [2.75, 3.05) is 4.90 Å². The van der Waals surface area contributed by atoms with Gasteiger partial charge < -0.3 is 0 Å². The molecule has 0 unspecified atom stereocenters. The quantitative estimate of drug-likeness (QED) is 0.473. The molecule has 24 heavy (non-hydrogen) atoms. The molecule has 1 fully saturated rings. The first kappa shape index (κ1) is 17.5. The van der Waals surface area contributed by atoms with Crippen LogP contribution in [-0.4, -0.2) is 10.2 Å². The van der Waals surface area contributed by atoms with E-state index in [4.69, 9.17) is 35.4 Å². The molecule has 2 aromatic rings. The van der Waals surface area contributed by atoms with Gasteiger partial charge in [0, 0.05) is 15.6 Å². The topological polar surface area (TPSA) is 20.3 Å². The monoisotopic (exact) mass is 393 g/mol. The molecule has 1 aliphatic heterocycles. The highest BCUT2D eigenvalue weighted by Crippen LogP contribution is 2.38. The van der Waals surface area contributed by atoms with E-state index in [1.54, 1.807) is 24.3 Å². The van der Waals surface area contributed by atoms with Gasteiger partial charge >= 0.3 is 0 Å². The molecular formula is C18H13Cl2NOS2. The predicted octanol–water partition coefficient (Wildman–Crippen LogP) is 5.96. The molecule has 2 aromatic carbocycles. The summed E-state index contributed by atoms with van der Waals surface area (Å²) >= 11 is 19.0. The van der Waals surface area contributed by atoms with Crippen LogP contribution in [0.5, 0.6) is 0 Å². The Morgan fingerprint density at radius 3 is 2.33 bits per heavy atom. The summed E-state index contributed by atoms with van der Waals surface area (Å²) in [7, 11) is 0. The maximum Gasteiger partial charge on any atom is 0.270 e. The lowest BCUT2D eigenvalue weighted by molar-refractivity contribution is -0.113. The van der Waals surface area contributed by atoms with Gasteiger partial charge in [0.2, 0.25) is 0 Å². The molecule has 2 nitrogen and oxygen atoms in total. The Labute approximate surface area is 160 Å². The smallest absolute Gasteiger partial charge is 0.268 e. The Hall–Kier alpha value is -1.33. The third kappa shape index (κ3) is 3.38. The summed E-state index contributed by atoms with van der Waals surface area (Å²) in [6, 6.07) is 13.1. The molecule has 0 N–H and O–H groups in total. The van der Waals surface area contributed by atoms with E-state index in [-0.39, 0.29) is 5.91 Å². The summed E-state index contributed by atoms with van der Waals surface area (Å²) < 4.78 is 0.499. The van der Waals surface area contributed by atoms with E-state index in [2.05, 4.69) is 6.92 Å². The fourth-order valence-electron chi connectivity index (χ4n) is 2.35. The number of anilines is 1. The lowest BCUT2D eigenvalue weighted by Gasteiger charge is -2.14. The van der Waals surface area contributed by atoms with Crippen LogP contribution < -0.4 is 4.90 Å². The second-order valence-corrected chi connectivity index (χ2v) is 7.66. The van der Waals surface area contributed by atoms with Gasteiger partial charge in [0.15, 0.2) is 4.32 Å². The lowest BCUT2D eigenvalue weighted by atomic mass is 10.1. The molecule has 0 bridgehead atoms. The van der Waals surface area contributed by atoms with E-state index in [1.807, 2.05) is 24.3 Å². The number of nitrogens with zero attached hydrogens (tertiary/aromatic N) is 1. The van der Waals surface area contributed by atoms with Gasteiger partial charge in [0.1, 0.15) is 0 Å². The van der Waals surface area contributed by atoms with Crippen molar-refractivity contribution in [1.29, 1.82) is 0 Å². The molecule has 0 saturated carbocycles. The molecule has 1 saturated heterocycles. The van der Waals surface area contributed by atoms with Crippen LogP contribution in [0.2, 0.25) is 10.0 Å². The fourth-order valence-corrected chi connectivity index (χ4v) is 4.14. The van der Waals surface area contributed by atoms with Crippen LogP contribution in [0.4, 0.5) is 5.69 Å². The van der Waals surface area contributed by atoms with E-state index < -0.39 is 0 Å². The van der Waals surface area contributed by atoms with Crippen molar-refractivity contribution in [1.82, 2.24) is 0 Å². The number of carbonyl (C=O) groups is 1. The Morgan fingerprint density at radius 2 is 1.75 bits per heavy atom. The Balaban J connectivity index is 1.95. The summed E-state index contributed by atoms with van der Waals surface area (Å²) in [5, 5.41) is 1.00. The normalized spacial score (nSPS) is 16.3. The van der Waals surface area contributed by atoms with E-state index >= 15 is 0 Å². The van der Waals surface area contributed by atoms with Crippen molar-refractivity contribution in [2.24, 2.45) is 0 Å². The van der Waals surface area contributed by atoms with Crippen LogP contribution in [0.25, 0.3) is 6.08 Å². The SMILES string of the molecule is CCc1ccc(N2C(=O)/C(=C/c3c(Cl)cccc3Cl)SC2=S)cc1. The van der Waals surface area contributed by atoms with Crippen molar-refractivity contribution >= 4 is 69.2 Å². The number of carbonyl (C=O) groups excluding carboxylic acids is 1. The highest BCUT2D eigenvalue weighted by molar-refractivity contribution is 8.27. The van der Waals surface area contributed by atoms with Crippen molar-refractivity contribution in [3.05, 3.63) is 68.5 Å². The van der Waals surface area contributed by atoms with E-state index in [1.165, 1.54) is 22.2 Å². The molecule has 1 aliphatic rings. The summed E-state index contributed by atoms with van der Waals surface area (Å²) in [4.78, 5) is 14.8. The molecule has 0 aromatic heterocycles. The highest BCUT2D eigenvalue weighted by atomic mass is 35.5. The standard InChI is InChI=1S/C18H13Cl2NOS2/c1-2-11-6-8-12(9-7-11)21-17(22)16(24-18(21)23)10-13-14(19)4-3-5-15(13)20/h3-10H,2H2,1H3/b16-10-. The second-order valence-electron chi connectivity index (χ2n) is 5.17. The van der Waals surface area contributed by atoms with Gasteiger partial charge in [-0.05, 0) is 42.3 Å². The third-order valence-corrected chi connectivity index (χ3v) is 5.63. The number of benzene rings is 2. The Morgan fingerprint density at radius 1 is 1.12 bits per heavy atom. The van der Waals surface area contributed by atoms with Crippen LogP contribution in [0, 0.1) is 0 Å². The van der Waals surface area contributed by atoms with Gasteiger partial charge in [0.05, 0.1) is 10.6 Å². The second kappa shape index (κ2) is 7.28. The summed E-state index contributed by atoms with van der Waals surface area (Å²) in [5.41, 5.74) is 2.61. The molecule has 6 heteroatoms. The van der Waals surface area contributed by atoms with Gasteiger partial charge in [-0.1, -0.05) is 72.3 Å². The average molecular weight is 394 g/mol. The summed E-state index contributed by atoms with van der Waals surface area (Å²) in [6.07, 6.45) is 2.65. The zero-order chi connectivity index (χ0) is 17.3. The van der Waals surface area contributed by atoms with Gasteiger partial charge in [0.25, 0.3) is 5.91 Å². The molecule has 0 spiro atoms. The van der Waals surface area contributed by atoms with Gasteiger partial charge in [-0.2, -0.15) is 0 Å². The predicted molar refractivity (Wildman–Crippen MR) is 108 cm³/mol. The maximum atomic E-state index is 12.8. The number of amides is 1. The molecule has 0 aliphatic carbocycles. The molecule has 3 rings (SSSR count). The van der Waals surface area contributed by atoms with Crippen LogP contribution in [0.15, 0.2) is 47.4 Å². The van der Waals surface area contributed by atoms with Crippen molar-refractivity contribution in [3.63, 3.8) is 0 Å². The van der Waals surface area contributed by atoms with Crippen molar-refractivity contribution in [2.45, 2.75) is 13.3 Å². The summed E-state index contributed by atoms with van der Waals surface area (Å²) in [5.74, 6) is -0.162. The number of thioether (sulfide) groups is 1. The molecule has 1 heterocycles. The number of hydrogen-bond donors (Lipinski definition) is 0. The molecule has 1 amide bonds. The van der Waals surface area contributed by atoms with Crippen molar-refractivity contribution in [3.8, 4) is 0 Å². The summed E-state index contributed by atoms with van der Waals surface area (Å²) in [6.45, 7) is 2.09. The van der Waals surface area contributed by atoms with E-state index in [9.17, 15) is 4.79 Å². The first-order valence-electron chi connectivity index (χ1n) is 7.32. The van der Waals surface area contributed by atoms with E-state index in [0.717, 1.165) is 12.1 Å². The Bertz CT molecular complexity index is 826. The molecule has 0 atom stereocenters. The van der Waals surface area contributed by atoms with Crippen molar-refractivity contribution < 1.29 is 4.79 Å². The van der Waals surface area contributed by atoms with Gasteiger partial charge in [-0.25, -0.2) is 0 Å². The zero-order valence-corrected chi connectivity index (χ0v) is 15.9. The van der Waals surface area contributed by atoms with Crippen LogP contribution in [0.1, 0.15) is 18.1 Å². The van der Waals surface area contributed by atoms with Crippen LogP contribution in [-0.2, 0) is 11.2 Å². The number of thiocarbonyl (C=S) groups is 1. The van der Waals surface area contributed by atoms with E-state index in [0.29, 0.717) is 24.8 Å². The minimum atomic E-state index is -0.162. The van der Waals surface area contributed by atoms with Gasteiger partial charge in [-0.3, -0.25) is 9.69 Å². The Kier molecular flexibility index (Phi) is 5.30. The number of rotatable bonds is 3. The maximum absolute atomic E-state index is 12.8. The number of halogens is 2. The molecular weight excluding hydrogens is 381 g/mol. The molecule has 122 valence electrons. The average Bonchev–Trinajstić information content (AvgIpc) is 2.85. The molecule has 0 radical (unpaired) electrons. The first-order valence-corrected chi connectivity index (χ1v) is 9.30. The minimum Gasteiger partial charge on any atom is -0.268 e. The minimum absolute atomic E-state index is 0.162. The highest BCUT2D eigenvalue weighted by Gasteiger charge is 2.33. The first-order chi connectivity index (χ1) is 11.5. The number of aryl methyl sites for hydroxylation is 1. The van der Waals surface area contributed by atoms with Gasteiger partial charge in [-0.15, -0.1) is 0 Å².